The van der Waals surface area contributed by atoms with E-state index in [0.29, 0.717) is 32.2 Å². The van der Waals surface area contributed by atoms with E-state index in [1.807, 2.05) is 12.1 Å². The Balaban J connectivity index is 1.63. The highest BCUT2D eigenvalue weighted by atomic mass is 16.5. The van der Waals surface area contributed by atoms with Crippen molar-refractivity contribution in [3.05, 3.63) is 35.4 Å². The fraction of sp³-hybridized carbons (Fsp3) is 0.579. The monoisotopic (exact) mass is 345 g/mol. The third kappa shape index (κ3) is 3.95. The van der Waals surface area contributed by atoms with Crippen LogP contribution in [0.2, 0.25) is 0 Å². The maximum Gasteiger partial charge on any atom is 0.318 e. The van der Waals surface area contributed by atoms with Gasteiger partial charge < -0.3 is 19.9 Å². The number of amides is 3. The number of benzene rings is 1. The van der Waals surface area contributed by atoms with Crippen molar-refractivity contribution in [3.8, 4) is 0 Å². The van der Waals surface area contributed by atoms with Crippen LogP contribution < -0.4 is 5.32 Å². The summed E-state index contributed by atoms with van der Waals surface area (Å²) in [5.41, 5.74) is 2.50. The molecule has 1 N–H and O–H groups in total. The number of methoxy groups -OCH3 is 1. The van der Waals surface area contributed by atoms with Crippen LogP contribution in [0.3, 0.4) is 0 Å². The van der Waals surface area contributed by atoms with Crippen LogP contribution in [0.1, 0.15) is 30.5 Å². The van der Waals surface area contributed by atoms with E-state index in [9.17, 15) is 9.59 Å². The van der Waals surface area contributed by atoms with Gasteiger partial charge in [0.1, 0.15) is 6.54 Å². The van der Waals surface area contributed by atoms with Gasteiger partial charge in [-0.2, -0.15) is 0 Å². The summed E-state index contributed by atoms with van der Waals surface area (Å²) in [5.74, 6) is 0.354. The topological polar surface area (TPSA) is 61.9 Å². The molecule has 3 rings (SSSR count). The van der Waals surface area contributed by atoms with Gasteiger partial charge in [0.2, 0.25) is 5.91 Å². The quantitative estimate of drug-likeness (QED) is 0.905. The lowest BCUT2D eigenvalue weighted by Crippen LogP contribution is -2.46. The Labute approximate surface area is 149 Å². The summed E-state index contributed by atoms with van der Waals surface area (Å²) in [5, 5.41) is 3.15. The number of nitrogens with one attached hydrogen (secondary N) is 1. The Kier molecular flexibility index (Phi) is 5.58. The van der Waals surface area contributed by atoms with E-state index in [4.69, 9.17) is 4.74 Å². The molecule has 0 spiro atoms. The van der Waals surface area contributed by atoms with Crippen LogP contribution in [0.25, 0.3) is 0 Å². The molecule has 1 aliphatic heterocycles. The second-order valence-corrected chi connectivity index (χ2v) is 6.96. The second-order valence-electron chi connectivity index (χ2n) is 6.96. The Morgan fingerprint density at radius 2 is 2.12 bits per heavy atom. The van der Waals surface area contributed by atoms with Gasteiger partial charge in [0.25, 0.3) is 0 Å². The minimum Gasteiger partial charge on any atom is -0.383 e. The molecule has 0 aromatic heterocycles. The van der Waals surface area contributed by atoms with Gasteiger partial charge in [-0.3, -0.25) is 4.79 Å². The zero-order valence-electron chi connectivity index (χ0n) is 15.0. The van der Waals surface area contributed by atoms with Crippen LogP contribution in [-0.4, -0.2) is 61.6 Å². The Morgan fingerprint density at radius 3 is 2.92 bits per heavy atom. The largest absolute Gasteiger partial charge is 0.383 e. The first-order valence-electron chi connectivity index (χ1n) is 9.00. The van der Waals surface area contributed by atoms with Gasteiger partial charge in [-0.25, -0.2) is 4.79 Å². The number of urea groups is 1. The molecule has 0 saturated carbocycles. The maximum absolute atomic E-state index is 12.7. The van der Waals surface area contributed by atoms with Gasteiger partial charge in [-0.05, 0) is 29.9 Å². The Morgan fingerprint density at radius 1 is 1.32 bits per heavy atom. The van der Waals surface area contributed by atoms with Crippen LogP contribution in [0, 0.1) is 5.92 Å². The number of carbonyl (C=O) groups excluding carboxylic acids is 2. The summed E-state index contributed by atoms with van der Waals surface area (Å²) in [6.07, 6.45) is 1.77. The summed E-state index contributed by atoms with van der Waals surface area (Å²) in [6, 6.07) is 8.14. The smallest absolute Gasteiger partial charge is 0.318 e. The number of ether oxygens (including phenoxy) is 1. The van der Waals surface area contributed by atoms with Crippen LogP contribution in [0.4, 0.5) is 4.79 Å². The van der Waals surface area contributed by atoms with Crippen molar-refractivity contribution in [1.82, 2.24) is 15.1 Å². The molecule has 1 fully saturated rings. The van der Waals surface area contributed by atoms with E-state index in [2.05, 4.69) is 24.4 Å². The lowest BCUT2D eigenvalue weighted by molar-refractivity contribution is -0.131. The molecule has 1 aromatic carbocycles. The molecule has 6 heteroatoms. The highest BCUT2D eigenvalue weighted by molar-refractivity contribution is 5.84. The average Bonchev–Trinajstić information content (AvgIpc) is 2.79. The molecule has 2 atom stereocenters. The van der Waals surface area contributed by atoms with Crippen molar-refractivity contribution in [1.29, 1.82) is 0 Å². The van der Waals surface area contributed by atoms with Crippen molar-refractivity contribution in [2.24, 2.45) is 5.92 Å². The molecule has 2 aliphatic rings. The van der Waals surface area contributed by atoms with Crippen molar-refractivity contribution < 1.29 is 14.3 Å². The van der Waals surface area contributed by atoms with E-state index in [-0.39, 0.29) is 24.5 Å². The Bertz CT molecular complexity index is 634. The van der Waals surface area contributed by atoms with Crippen LogP contribution in [0.5, 0.6) is 0 Å². The summed E-state index contributed by atoms with van der Waals surface area (Å²) in [7, 11) is 1.63. The molecule has 25 heavy (non-hydrogen) atoms. The van der Waals surface area contributed by atoms with Gasteiger partial charge in [0.05, 0.1) is 12.6 Å². The first-order chi connectivity index (χ1) is 12.1. The predicted octanol–water partition coefficient (Wildman–Crippen LogP) is 1.81. The van der Waals surface area contributed by atoms with Crippen LogP contribution in [-0.2, 0) is 16.0 Å². The lowest BCUT2D eigenvalue weighted by atomic mass is 10.0. The number of hydrogen-bond acceptors (Lipinski definition) is 3. The number of nitrogens with zero attached hydrogens (tertiary/aromatic N) is 2. The van der Waals surface area contributed by atoms with Crippen LogP contribution in [0.15, 0.2) is 24.3 Å². The first kappa shape index (κ1) is 17.7. The second kappa shape index (κ2) is 7.87. The third-order valence-electron chi connectivity index (χ3n) is 5.17. The lowest BCUT2D eigenvalue weighted by Gasteiger charge is -2.25. The first-order valence-corrected chi connectivity index (χ1v) is 9.00. The predicted molar refractivity (Wildman–Crippen MR) is 95.2 cm³/mol. The average molecular weight is 345 g/mol. The van der Waals surface area contributed by atoms with E-state index < -0.39 is 0 Å². The number of carbonyl (C=O) groups is 2. The molecule has 0 bridgehead atoms. The van der Waals surface area contributed by atoms with Gasteiger partial charge >= 0.3 is 6.03 Å². The normalized spacial score (nSPS) is 23.4. The van der Waals surface area contributed by atoms with E-state index >= 15 is 0 Å². The van der Waals surface area contributed by atoms with Crippen molar-refractivity contribution in [2.75, 3.05) is 39.9 Å². The SMILES string of the molecule is COCCN1CCCN(C(=O)N[C@@H]2c3ccccc3C[C@H]2C)CC1=O. The molecule has 0 unspecified atom stereocenters. The summed E-state index contributed by atoms with van der Waals surface area (Å²) in [6.45, 7) is 4.67. The molecule has 0 radical (unpaired) electrons. The van der Waals surface area contributed by atoms with E-state index in [0.717, 1.165) is 12.8 Å². The molecule has 1 aliphatic carbocycles. The summed E-state index contributed by atoms with van der Waals surface area (Å²) >= 11 is 0. The molecule has 1 saturated heterocycles. The summed E-state index contributed by atoms with van der Waals surface area (Å²) in [4.78, 5) is 28.6. The molecule has 1 heterocycles. The molecule has 1 aromatic rings. The minimum absolute atomic E-state index is 0.00966. The standard InChI is InChI=1S/C19H27N3O3/c1-14-12-15-6-3-4-7-16(15)18(14)20-19(24)22-9-5-8-21(10-11-25-2)17(23)13-22/h3-4,6-7,14,18H,5,8-13H2,1-2H3,(H,20,24)/t14-,18+/m1/s1. The number of fused-ring (bicyclic) bond motifs is 1. The molecule has 6 nitrogen and oxygen atoms in total. The van der Waals surface area contributed by atoms with Gasteiger partial charge in [-0.1, -0.05) is 31.2 Å². The Hall–Kier alpha value is -2.08. The highest BCUT2D eigenvalue weighted by Crippen LogP contribution is 2.35. The number of rotatable bonds is 4. The zero-order valence-corrected chi connectivity index (χ0v) is 15.0. The van der Waals surface area contributed by atoms with Gasteiger partial charge in [-0.15, -0.1) is 0 Å². The van der Waals surface area contributed by atoms with Gasteiger partial charge in [0, 0.05) is 26.7 Å². The van der Waals surface area contributed by atoms with Crippen molar-refractivity contribution in [3.63, 3.8) is 0 Å². The molecule has 136 valence electrons. The summed E-state index contributed by atoms with van der Waals surface area (Å²) < 4.78 is 5.05. The minimum atomic E-state index is -0.143. The zero-order chi connectivity index (χ0) is 17.8. The van der Waals surface area contributed by atoms with E-state index in [1.54, 1.807) is 16.9 Å². The molecule has 3 amide bonds. The third-order valence-corrected chi connectivity index (χ3v) is 5.17. The number of hydrogen-bond donors (Lipinski definition) is 1. The maximum atomic E-state index is 12.7. The highest BCUT2D eigenvalue weighted by Gasteiger charge is 2.32. The van der Waals surface area contributed by atoms with Crippen LogP contribution >= 0.6 is 0 Å². The fourth-order valence-electron chi connectivity index (χ4n) is 3.77. The fourth-order valence-corrected chi connectivity index (χ4v) is 3.77. The molecular formula is C19H27N3O3. The van der Waals surface area contributed by atoms with E-state index in [1.165, 1.54) is 11.1 Å². The van der Waals surface area contributed by atoms with Crippen molar-refractivity contribution in [2.45, 2.75) is 25.8 Å². The van der Waals surface area contributed by atoms with Crippen molar-refractivity contribution >= 4 is 11.9 Å². The van der Waals surface area contributed by atoms with Gasteiger partial charge in [0.15, 0.2) is 0 Å². The molecular weight excluding hydrogens is 318 g/mol.